The van der Waals surface area contributed by atoms with Gasteiger partial charge in [0, 0.05) is 24.0 Å². The molecule has 0 bridgehead atoms. The van der Waals surface area contributed by atoms with Crippen molar-refractivity contribution in [1.29, 1.82) is 0 Å². The number of pyridine rings is 1. The SMILES string of the molecule is C=COC(=O)Cn1ccnc1.c1ccc2ncccc2c1. The van der Waals surface area contributed by atoms with Gasteiger partial charge >= 0.3 is 5.97 Å². The van der Waals surface area contributed by atoms with E-state index in [0.717, 1.165) is 11.8 Å². The molecule has 106 valence electrons. The number of carbonyl (C=O) groups excluding carboxylic acids is 1. The highest BCUT2D eigenvalue weighted by Crippen LogP contribution is 2.07. The number of rotatable bonds is 3. The number of fused-ring (bicyclic) bond motifs is 1. The van der Waals surface area contributed by atoms with Crippen LogP contribution in [0.25, 0.3) is 10.9 Å². The van der Waals surface area contributed by atoms with Crippen molar-refractivity contribution in [1.82, 2.24) is 14.5 Å². The fourth-order valence-electron chi connectivity index (χ4n) is 1.68. The van der Waals surface area contributed by atoms with Crippen LogP contribution in [0.5, 0.6) is 0 Å². The van der Waals surface area contributed by atoms with Gasteiger partial charge in [-0.1, -0.05) is 30.8 Å². The zero-order chi connectivity index (χ0) is 14.9. The molecule has 0 saturated carbocycles. The van der Waals surface area contributed by atoms with E-state index in [4.69, 9.17) is 0 Å². The molecular weight excluding hydrogens is 266 g/mol. The minimum atomic E-state index is -0.349. The van der Waals surface area contributed by atoms with Crippen LogP contribution in [0.2, 0.25) is 0 Å². The Morgan fingerprint density at radius 2 is 2.05 bits per heavy atom. The summed E-state index contributed by atoms with van der Waals surface area (Å²) in [7, 11) is 0. The number of nitrogens with zero attached hydrogens (tertiary/aromatic N) is 3. The Bertz CT molecular complexity index is 643. The van der Waals surface area contributed by atoms with Crippen molar-refractivity contribution >= 4 is 16.9 Å². The van der Waals surface area contributed by atoms with E-state index in [1.54, 1.807) is 23.3 Å². The average molecular weight is 281 g/mol. The van der Waals surface area contributed by atoms with Gasteiger partial charge in [0.15, 0.2) is 0 Å². The van der Waals surface area contributed by atoms with Gasteiger partial charge in [-0.05, 0) is 12.1 Å². The van der Waals surface area contributed by atoms with Crippen LogP contribution in [0, 0.1) is 0 Å². The molecule has 0 unspecified atom stereocenters. The van der Waals surface area contributed by atoms with Crippen molar-refractivity contribution in [3.05, 3.63) is 74.2 Å². The molecule has 0 aliphatic carbocycles. The highest BCUT2D eigenvalue weighted by molar-refractivity contribution is 5.77. The van der Waals surface area contributed by atoms with Crippen LogP contribution < -0.4 is 0 Å². The number of carbonyl (C=O) groups is 1. The number of benzene rings is 1. The summed E-state index contributed by atoms with van der Waals surface area (Å²) in [5.74, 6) is -0.349. The summed E-state index contributed by atoms with van der Waals surface area (Å²) in [6.07, 6.45) is 7.75. The zero-order valence-corrected chi connectivity index (χ0v) is 11.4. The largest absolute Gasteiger partial charge is 0.434 e. The lowest BCUT2D eigenvalue weighted by Gasteiger charge is -1.98. The first-order chi connectivity index (χ1) is 10.3. The Hall–Kier alpha value is -2.95. The molecule has 1 aromatic carbocycles. The molecule has 0 fully saturated rings. The van der Waals surface area contributed by atoms with E-state index < -0.39 is 0 Å². The molecule has 2 heterocycles. The van der Waals surface area contributed by atoms with Gasteiger partial charge in [-0.2, -0.15) is 0 Å². The summed E-state index contributed by atoms with van der Waals surface area (Å²) in [5, 5.41) is 1.20. The number of esters is 1. The molecule has 0 spiro atoms. The summed E-state index contributed by atoms with van der Waals surface area (Å²) in [6, 6.07) is 12.1. The Kier molecular flexibility index (Phi) is 5.23. The molecule has 3 rings (SSSR count). The monoisotopic (exact) mass is 281 g/mol. The van der Waals surface area contributed by atoms with Crippen LogP contribution in [0.3, 0.4) is 0 Å². The number of imidazole rings is 1. The molecule has 0 amide bonds. The van der Waals surface area contributed by atoms with Gasteiger partial charge in [0.1, 0.15) is 6.54 Å². The third-order valence-corrected chi connectivity index (χ3v) is 2.60. The van der Waals surface area contributed by atoms with Crippen LogP contribution in [0.15, 0.2) is 74.2 Å². The second-order valence-electron chi connectivity index (χ2n) is 4.09. The van der Waals surface area contributed by atoms with E-state index in [9.17, 15) is 4.79 Å². The molecule has 0 saturated heterocycles. The van der Waals surface area contributed by atoms with Crippen molar-refractivity contribution in [2.24, 2.45) is 0 Å². The van der Waals surface area contributed by atoms with Crippen LogP contribution in [0.1, 0.15) is 0 Å². The Balaban J connectivity index is 0.000000154. The molecule has 2 aromatic heterocycles. The van der Waals surface area contributed by atoms with Gasteiger partial charge in [-0.3, -0.25) is 4.98 Å². The first-order valence-corrected chi connectivity index (χ1v) is 6.35. The molecule has 3 aromatic rings. The lowest BCUT2D eigenvalue weighted by molar-refractivity contribution is -0.138. The van der Waals surface area contributed by atoms with E-state index in [-0.39, 0.29) is 12.5 Å². The highest BCUT2D eigenvalue weighted by Gasteiger charge is 1.99. The van der Waals surface area contributed by atoms with Crippen LogP contribution in [-0.2, 0) is 16.1 Å². The third-order valence-electron chi connectivity index (χ3n) is 2.60. The number of aromatic nitrogens is 3. The summed E-state index contributed by atoms with van der Waals surface area (Å²) < 4.78 is 6.11. The van der Waals surface area contributed by atoms with Crippen molar-refractivity contribution in [2.45, 2.75) is 6.54 Å². The Labute approximate surface area is 122 Å². The Morgan fingerprint density at radius 3 is 2.76 bits per heavy atom. The second-order valence-corrected chi connectivity index (χ2v) is 4.09. The average Bonchev–Trinajstić information content (AvgIpc) is 3.01. The number of ether oxygens (including phenoxy) is 1. The smallest absolute Gasteiger partial charge is 0.330 e. The second kappa shape index (κ2) is 7.59. The van der Waals surface area contributed by atoms with Crippen molar-refractivity contribution in [3.8, 4) is 0 Å². The summed E-state index contributed by atoms with van der Waals surface area (Å²) in [6.45, 7) is 3.43. The van der Waals surface area contributed by atoms with E-state index in [2.05, 4.69) is 33.4 Å². The van der Waals surface area contributed by atoms with Crippen LogP contribution in [0.4, 0.5) is 0 Å². The lowest BCUT2D eigenvalue weighted by Crippen LogP contribution is -2.08. The van der Waals surface area contributed by atoms with Gasteiger partial charge in [0.2, 0.25) is 0 Å². The zero-order valence-electron chi connectivity index (χ0n) is 11.4. The first kappa shape index (κ1) is 14.5. The van der Waals surface area contributed by atoms with E-state index in [0.29, 0.717) is 0 Å². The van der Waals surface area contributed by atoms with Gasteiger partial charge in [-0.15, -0.1) is 0 Å². The maximum absolute atomic E-state index is 10.8. The maximum Gasteiger partial charge on any atom is 0.330 e. The molecule has 5 nitrogen and oxygen atoms in total. The summed E-state index contributed by atoms with van der Waals surface area (Å²) in [4.78, 5) is 18.7. The predicted octanol–water partition coefficient (Wildman–Crippen LogP) is 2.80. The van der Waals surface area contributed by atoms with E-state index in [1.165, 1.54) is 5.39 Å². The predicted molar refractivity (Wildman–Crippen MR) is 80.3 cm³/mol. The molecular formula is C16H15N3O2. The third kappa shape index (κ3) is 4.58. The molecule has 0 aliphatic heterocycles. The minimum absolute atomic E-state index is 0.173. The van der Waals surface area contributed by atoms with Crippen molar-refractivity contribution in [2.75, 3.05) is 0 Å². The standard InChI is InChI=1S/C9H7N.C7H8N2O2/c1-2-6-9-8(4-1)5-3-7-10-9;1-2-11-7(10)5-9-4-3-8-6-9/h1-7H;2-4,6H,1,5H2. The molecule has 0 atom stereocenters. The molecule has 21 heavy (non-hydrogen) atoms. The fourth-order valence-corrected chi connectivity index (χ4v) is 1.68. The molecule has 0 aliphatic rings. The van der Waals surface area contributed by atoms with E-state index >= 15 is 0 Å². The van der Waals surface area contributed by atoms with Gasteiger partial charge in [0.25, 0.3) is 0 Å². The number of para-hydroxylation sites is 1. The first-order valence-electron chi connectivity index (χ1n) is 6.35. The maximum atomic E-state index is 10.8. The van der Waals surface area contributed by atoms with Gasteiger partial charge in [-0.25, -0.2) is 9.78 Å². The van der Waals surface area contributed by atoms with Gasteiger partial charge < -0.3 is 9.30 Å². The fraction of sp³-hybridized carbons (Fsp3) is 0.0625. The highest BCUT2D eigenvalue weighted by atomic mass is 16.5. The van der Waals surface area contributed by atoms with Crippen molar-refractivity contribution < 1.29 is 9.53 Å². The van der Waals surface area contributed by atoms with E-state index in [1.807, 2.05) is 30.5 Å². The summed E-state index contributed by atoms with van der Waals surface area (Å²) in [5.41, 5.74) is 1.06. The van der Waals surface area contributed by atoms with Crippen molar-refractivity contribution in [3.63, 3.8) is 0 Å². The quantitative estimate of drug-likeness (QED) is 0.547. The lowest BCUT2D eigenvalue weighted by atomic mass is 10.2. The molecule has 0 radical (unpaired) electrons. The minimum Gasteiger partial charge on any atom is -0.434 e. The topological polar surface area (TPSA) is 57.0 Å². The Morgan fingerprint density at radius 1 is 1.24 bits per heavy atom. The normalized spacial score (nSPS) is 9.52. The number of hydrogen-bond donors (Lipinski definition) is 0. The van der Waals surface area contributed by atoms with Crippen LogP contribution >= 0.6 is 0 Å². The molecule has 0 N–H and O–H groups in total. The summed E-state index contributed by atoms with van der Waals surface area (Å²) >= 11 is 0. The number of hydrogen-bond acceptors (Lipinski definition) is 4. The molecule has 5 heteroatoms. The van der Waals surface area contributed by atoms with Gasteiger partial charge in [0.05, 0.1) is 18.1 Å². The van der Waals surface area contributed by atoms with Crippen LogP contribution in [-0.4, -0.2) is 20.5 Å².